The molecule has 148 valence electrons. The second-order valence-corrected chi connectivity index (χ2v) is 7.23. The van der Waals surface area contributed by atoms with Crippen molar-refractivity contribution < 1.29 is 9.15 Å². The molecule has 4 rings (SSSR count). The van der Waals surface area contributed by atoms with Crippen molar-refractivity contribution >= 4 is 5.88 Å². The van der Waals surface area contributed by atoms with E-state index in [4.69, 9.17) is 9.15 Å². The minimum atomic E-state index is 0.201. The van der Waals surface area contributed by atoms with Crippen LogP contribution in [-0.2, 0) is 13.2 Å². The molecule has 1 aliphatic rings. The van der Waals surface area contributed by atoms with E-state index in [1.807, 2.05) is 37.3 Å². The number of oxazole rings is 1. The molecule has 1 saturated heterocycles. The van der Waals surface area contributed by atoms with Crippen LogP contribution in [0.25, 0.3) is 0 Å². The number of benzene rings is 2. The molecule has 0 atom stereocenters. The van der Waals surface area contributed by atoms with E-state index in [9.17, 15) is 5.26 Å². The van der Waals surface area contributed by atoms with Crippen LogP contribution in [0.5, 0.6) is 5.75 Å². The summed E-state index contributed by atoms with van der Waals surface area (Å²) in [6.45, 7) is 6.58. The lowest BCUT2D eigenvalue weighted by atomic mass is 10.2. The monoisotopic (exact) mass is 388 g/mol. The van der Waals surface area contributed by atoms with Gasteiger partial charge in [-0.15, -0.1) is 0 Å². The Morgan fingerprint density at radius 1 is 1.07 bits per heavy atom. The average molecular weight is 388 g/mol. The molecule has 0 bridgehead atoms. The zero-order valence-corrected chi connectivity index (χ0v) is 16.5. The molecule has 1 aliphatic heterocycles. The van der Waals surface area contributed by atoms with E-state index in [0.29, 0.717) is 17.5 Å². The van der Waals surface area contributed by atoms with Crippen LogP contribution in [0.3, 0.4) is 0 Å². The summed E-state index contributed by atoms with van der Waals surface area (Å²) < 4.78 is 11.7. The second kappa shape index (κ2) is 8.80. The SMILES string of the molecule is Cc1cccc(OCc2nc(C#N)c(N3CCN(Cc4ccccc4)CC3)o2)c1. The Bertz CT molecular complexity index is 986. The quantitative estimate of drug-likeness (QED) is 0.641. The average Bonchev–Trinajstić information content (AvgIpc) is 3.17. The van der Waals surface area contributed by atoms with E-state index in [0.717, 1.165) is 44.0 Å². The maximum atomic E-state index is 9.48. The first-order valence-corrected chi connectivity index (χ1v) is 9.82. The molecule has 2 aromatic carbocycles. The van der Waals surface area contributed by atoms with E-state index in [1.165, 1.54) is 5.56 Å². The molecule has 6 nitrogen and oxygen atoms in total. The van der Waals surface area contributed by atoms with Crippen LogP contribution >= 0.6 is 0 Å². The fourth-order valence-corrected chi connectivity index (χ4v) is 3.51. The zero-order chi connectivity index (χ0) is 20.1. The van der Waals surface area contributed by atoms with Gasteiger partial charge in [-0.05, 0) is 30.2 Å². The molecule has 0 unspecified atom stereocenters. The number of nitriles is 1. The zero-order valence-electron chi connectivity index (χ0n) is 16.5. The number of anilines is 1. The molecule has 3 aromatic rings. The van der Waals surface area contributed by atoms with Crippen molar-refractivity contribution in [1.82, 2.24) is 9.88 Å². The maximum Gasteiger partial charge on any atom is 0.236 e. The molecule has 2 heterocycles. The predicted molar refractivity (Wildman–Crippen MR) is 111 cm³/mol. The first-order chi connectivity index (χ1) is 14.2. The number of hydrogen-bond acceptors (Lipinski definition) is 6. The van der Waals surface area contributed by atoms with E-state index in [-0.39, 0.29) is 6.61 Å². The van der Waals surface area contributed by atoms with Gasteiger partial charge < -0.3 is 14.1 Å². The maximum absolute atomic E-state index is 9.48. The normalized spacial score (nSPS) is 14.6. The number of rotatable bonds is 6. The van der Waals surface area contributed by atoms with Crippen LogP contribution in [0.1, 0.15) is 22.7 Å². The number of hydrogen-bond donors (Lipinski definition) is 0. The standard InChI is InChI=1S/C23H24N4O2/c1-18-6-5-9-20(14-18)28-17-22-25-21(15-24)23(29-22)27-12-10-26(11-13-27)16-19-7-3-2-4-8-19/h2-9,14H,10-13,16-17H2,1H3. The van der Waals surface area contributed by atoms with E-state index in [1.54, 1.807) is 0 Å². The molecule has 0 N–H and O–H groups in total. The van der Waals surface area contributed by atoms with Crippen molar-refractivity contribution in [2.45, 2.75) is 20.1 Å². The second-order valence-electron chi connectivity index (χ2n) is 7.23. The van der Waals surface area contributed by atoms with Gasteiger partial charge in [0.15, 0.2) is 6.61 Å². The van der Waals surface area contributed by atoms with Crippen LogP contribution in [0.15, 0.2) is 59.0 Å². The van der Waals surface area contributed by atoms with Gasteiger partial charge in [-0.3, -0.25) is 4.90 Å². The molecule has 1 fully saturated rings. The van der Waals surface area contributed by atoms with Gasteiger partial charge in [0, 0.05) is 32.7 Å². The fourth-order valence-electron chi connectivity index (χ4n) is 3.51. The molecule has 0 spiro atoms. The Kier molecular flexibility index (Phi) is 5.78. The highest BCUT2D eigenvalue weighted by Gasteiger charge is 2.24. The summed E-state index contributed by atoms with van der Waals surface area (Å²) in [6, 6.07) is 20.4. The highest BCUT2D eigenvalue weighted by Crippen LogP contribution is 2.24. The molecule has 0 radical (unpaired) electrons. The largest absolute Gasteiger partial charge is 0.484 e. The molecular weight excluding hydrogens is 364 g/mol. The predicted octanol–water partition coefficient (Wildman–Crippen LogP) is 3.76. The molecule has 0 aliphatic carbocycles. The Labute approximate surface area is 170 Å². The van der Waals surface area contributed by atoms with Crippen molar-refractivity contribution in [1.29, 1.82) is 5.26 Å². The number of ether oxygens (including phenoxy) is 1. The lowest BCUT2D eigenvalue weighted by Crippen LogP contribution is -2.46. The highest BCUT2D eigenvalue weighted by molar-refractivity contribution is 5.48. The summed E-state index contributed by atoms with van der Waals surface area (Å²) in [7, 11) is 0. The summed E-state index contributed by atoms with van der Waals surface area (Å²) >= 11 is 0. The Morgan fingerprint density at radius 2 is 1.86 bits per heavy atom. The number of nitrogens with zero attached hydrogens (tertiary/aromatic N) is 4. The van der Waals surface area contributed by atoms with Gasteiger partial charge in [-0.25, -0.2) is 0 Å². The van der Waals surface area contributed by atoms with E-state index < -0.39 is 0 Å². The van der Waals surface area contributed by atoms with Crippen molar-refractivity contribution in [2.75, 3.05) is 31.1 Å². The summed E-state index contributed by atoms with van der Waals surface area (Å²) in [5, 5.41) is 9.48. The van der Waals surface area contributed by atoms with Crippen molar-refractivity contribution in [3.63, 3.8) is 0 Å². The molecule has 29 heavy (non-hydrogen) atoms. The summed E-state index contributed by atoms with van der Waals surface area (Å²) in [5.41, 5.74) is 2.76. The third-order valence-electron chi connectivity index (χ3n) is 5.02. The minimum Gasteiger partial charge on any atom is -0.484 e. The lowest BCUT2D eigenvalue weighted by Gasteiger charge is -2.34. The fraction of sp³-hybridized carbons (Fsp3) is 0.304. The highest BCUT2D eigenvalue weighted by atomic mass is 16.5. The third kappa shape index (κ3) is 4.76. The van der Waals surface area contributed by atoms with Gasteiger partial charge in [-0.2, -0.15) is 10.2 Å². The number of piperazine rings is 1. The molecular formula is C23H24N4O2. The third-order valence-corrected chi connectivity index (χ3v) is 5.02. The molecule has 1 aromatic heterocycles. The Morgan fingerprint density at radius 3 is 2.59 bits per heavy atom. The van der Waals surface area contributed by atoms with Gasteiger partial charge in [0.1, 0.15) is 11.8 Å². The first kappa shape index (κ1) is 19.0. The van der Waals surface area contributed by atoms with Crippen molar-refractivity contribution in [3.8, 4) is 11.8 Å². The summed E-state index contributed by atoms with van der Waals surface area (Å²) in [4.78, 5) is 8.83. The molecule has 6 heteroatoms. The summed E-state index contributed by atoms with van der Waals surface area (Å²) in [6.07, 6.45) is 0. The number of aromatic nitrogens is 1. The lowest BCUT2D eigenvalue weighted by molar-refractivity contribution is 0.240. The minimum absolute atomic E-state index is 0.201. The van der Waals surface area contributed by atoms with Crippen LogP contribution in [0.2, 0.25) is 0 Å². The Balaban J connectivity index is 1.37. The van der Waals surface area contributed by atoms with E-state index >= 15 is 0 Å². The molecule has 0 saturated carbocycles. The van der Waals surface area contributed by atoms with Crippen LogP contribution in [0.4, 0.5) is 5.88 Å². The number of aryl methyl sites for hydroxylation is 1. The van der Waals surface area contributed by atoms with Gasteiger partial charge in [0.2, 0.25) is 17.5 Å². The Hall–Kier alpha value is -3.30. The van der Waals surface area contributed by atoms with Gasteiger partial charge >= 0.3 is 0 Å². The van der Waals surface area contributed by atoms with Crippen molar-refractivity contribution in [3.05, 3.63) is 77.3 Å². The van der Waals surface area contributed by atoms with Crippen molar-refractivity contribution in [2.24, 2.45) is 0 Å². The van der Waals surface area contributed by atoms with E-state index in [2.05, 4.69) is 45.1 Å². The van der Waals surface area contributed by atoms with Crippen LogP contribution in [-0.4, -0.2) is 36.1 Å². The molecule has 0 amide bonds. The summed E-state index contributed by atoms with van der Waals surface area (Å²) in [5.74, 6) is 1.73. The smallest absolute Gasteiger partial charge is 0.236 e. The topological polar surface area (TPSA) is 65.5 Å². The van der Waals surface area contributed by atoms with Crippen LogP contribution < -0.4 is 9.64 Å². The van der Waals surface area contributed by atoms with Gasteiger partial charge in [0.05, 0.1) is 0 Å². The van der Waals surface area contributed by atoms with Gasteiger partial charge in [0.25, 0.3) is 0 Å². The van der Waals surface area contributed by atoms with Gasteiger partial charge in [-0.1, -0.05) is 42.5 Å². The van der Waals surface area contributed by atoms with Crippen LogP contribution in [0, 0.1) is 18.3 Å². The first-order valence-electron chi connectivity index (χ1n) is 9.82.